The number of nitrogens with one attached hydrogen (secondary N) is 1. The van der Waals surface area contributed by atoms with Crippen molar-refractivity contribution in [3.05, 3.63) is 65.7 Å². The molecule has 0 spiro atoms. The number of carbonyl (C=O) groups is 2. The van der Waals surface area contributed by atoms with Crippen molar-refractivity contribution < 1.29 is 31.7 Å². The Morgan fingerprint density at radius 1 is 1.00 bits per heavy atom. The predicted octanol–water partition coefficient (Wildman–Crippen LogP) is 3.77. The topological polar surface area (TPSA) is 108 Å². The molecule has 0 radical (unpaired) electrons. The van der Waals surface area contributed by atoms with Crippen LogP contribution in [-0.2, 0) is 31.0 Å². The molecule has 0 aliphatic carbocycles. The van der Waals surface area contributed by atoms with E-state index >= 15 is 0 Å². The summed E-state index contributed by atoms with van der Waals surface area (Å²) < 4.78 is 38.1. The van der Waals surface area contributed by atoms with Crippen molar-refractivity contribution in [1.29, 1.82) is 0 Å². The molecule has 0 fully saturated rings. The highest BCUT2D eigenvalue weighted by Gasteiger charge is 2.23. The number of alkyl carbamates (subject to hydrolysis) is 1. The minimum Gasteiger partial charge on any atom is -0.460 e. The Morgan fingerprint density at radius 3 is 2.19 bits per heavy atom. The standard InChI is InChI=1S/C23H29NO7S/c1-23(2,3)30-21(25)14-19(18-10-12-20(13-11-18)31-32(4,27)28)15-24-22(26)29-16-17-8-6-5-7-9-17/h5-13,19H,14-16H2,1-4H3,(H,24,26). The van der Waals surface area contributed by atoms with Gasteiger partial charge in [0.25, 0.3) is 0 Å². The first-order valence-electron chi connectivity index (χ1n) is 10.1. The van der Waals surface area contributed by atoms with Gasteiger partial charge in [0.2, 0.25) is 0 Å². The lowest BCUT2D eigenvalue weighted by molar-refractivity contribution is -0.155. The van der Waals surface area contributed by atoms with E-state index in [9.17, 15) is 18.0 Å². The third kappa shape index (κ3) is 9.82. The molecule has 0 aliphatic rings. The lowest BCUT2D eigenvalue weighted by Gasteiger charge is -2.23. The van der Waals surface area contributed by atoms with Gasteiger partial charge in [0.05, 0.1) is 12.7 Å². The summed E-state index contributed by atoms with van der Waals surface area (Å²) in [6.07, 6.45) is 0.361. The van der Waals surface area contributed by atoms with Gasteiger partial charge >= 0.3 is 22.2 Å². The van der Waals surface area contributed by atoms with Crippen molar-refractivity contribution in [3.8, 4) is 5.75 Å². The second-order valence-electron chi connectivity index (χ2n) is 8.29. The second kappa shape index (κ2) is 11.0. The number of ether oxygens (including phenoxy) is 2. The summed E-state index contributed by atoms with van der Waals surface area (Å²) >= 11 is 0. The van der Waals surface area contributed by atoms with E-state index in [1.165, 1.54) is 12.1 Å². The Bertz CT molecular complexity index is 997. The summed E-state index contributed by atoms with van der Waals surface area (Å²) in [4.78, 5) is 24.5. The SMILES string of the molecule is CC(C)(C)OC(=O)CC(CNC(=O)OCc1ccccc1)c1ccc(OS(C)(=O)=O)cc1. The van der Waals surface area contributed by atoms with Crippen LogP contribution in [0.4, 0.5) is 4.79 Å². The first-order chi connectivity index (χ1) is 14.9. The molecule has 2 rings (SSSR count). The molecule has 0 aromatic heterocycles. The smallest absolute Gasteiger partial charge is 0.407 e. The summed E-state index contributed by atoms with van der Waals surface area (Å²) in [7, 11) is -3.65. The number of rotatable bonds is 9. The second-order valence-corrected chi connectivity index (χ2v) is 9.86. The van der Waals surface area contributed by atoms with Crippen LogP contribution in [0.1, 0.15) is 44.2 Å². The van der Waals surface area contributed by atoms with Crippen LogP contribution in [-0.4, -0.2) is 38.9 Å². The molecule has 0 heterocycles. The molecule has 0 aliphatic heterocycles. The van der Waals surface area contributed by atoms with Crippen LogP contribution in [0.15, 0.2) is 54.6 Å². The Morgan fingerprint density at radius 2 is 1.62 bits per heavy atom. The van der Waals surface area contributed by atoms with Crippen LogP contribution in [0, 0.1) is 0 Å². The summed E-state index contributed by atoms with van der Waals surface area (Å²) in [5.74, 6) is -0.678. The van der Waals surface area contributed by atoms with Gasteiger partial charge in [-0.1, -0.05) is 42.5 Å². The van der Waals surface area contributed by atoms with Gasteiger partial charge in [0.1, 0.15) is 18.0 Å². The zero-order chi connectivity index (χ0) is 23.8. The fourth-order valence-corrected chi connectivity index (χ4v) is 3.30. The molecule has 174 valence electrons. The van der Waals surface area contributed by atoms with Crippen molar-refractivity contribution in [2.24, 2.45) is 0 Å². The number of amides is 1. The molecular weight excluding hydrogens is 434 g/mol. The monoisotopic (exact) mass is 463 g/mol. The highest BCUT2D eigenvalue weighted by Crippen LogP contribution is 2.24. The molecule has 2 aromatic rings. The number of hydrogen-bond acceptors (Lipinski definition) is 7. The maximum absolute atomic E-state index is 12.4. The quantitative estimate of drug-likeness (QED) is 0.445. The lowest BCUT2D eigenvalue weighted by Crippen LogP contribution is -2.31. The van der Waals surface area contributed by atoms with Crippen LogP contribution in [0.25, 0.3) is 0 Å². The minimum absolute atomic E-state index is 0.0164. The zero-order valence-corrected chi connectivity index (χ0v) is 19.5. The maximum Gasteiger partial charge on any atom is 0.407 e. The molecule has 0 saturated carbocycles. The van der Waals surface area contributed by atoms with Gasteiger partial charge in [-0.15, -0.1) is 0 Å². The first kappa shape index (κ1) is 25.2. The van der Waals surface area contributed by atoms with Gasteiger partial charge in [0.15, 0.2) is 0 Å². The molecule has 9 heteroatoms. The molecule has 1 amide bonds. The Labute approximate surface area is 189 Å². The van der Waals surface area contributed by atoms with E-state index in [0.717, 1.165) is 11.8 Å². The number of benzene rings is 2. The zero-order valence-electron chi connectivity index (χ0n) is 18.7. The Balaban J connectivity index is 2.04. The molecule has 8 nitrogen and oxygen atoms in total. The fourth-order valence-electron chi connectivity index (χ4n) is 2.84. The molecular formula is C23H29NO7S. The lowest BCUT2D eigenvalue weighted by atomic mass is 9.95. The number of hydrogen-bond donors (Lipinski definition) is 1. The molecule has 0 bridgehead atoms. The van der Waals surface area contributed by atoms with E-state index < -0.39 is 33.7 Å². The van der Waals surface area contributed by atoms with E-state index in [2.05, 4.69) is 5.32 Å². The van der Waals surface area contributed by atoms with E-state index in [-0.39, 0.29) is 25.3 Å². The number of esters is 1. The molecule has 2 aromatic carbocycles. The van der Waals surface area contributed by atoms with Crippen LogP contribution in [0.2, 0.25) is 0 Å². The first-order valence-corrected chi connectivity index (χ1v) is 11.9. The van der Waals surface area contributed by atoms with Gasteiger partial charge in [-0.3, -0.25) is 4.79 Å². The summed E-state index contributed by atoms with van der Waals surface area (Å²) in [6, 6.07) is 15.5. The van der Waals surface area contributed by atoms with Crippen molar-refractivity contribution >= 4 is 22.2 Å². The van der Waals surface area contributed by atoms with Crippen molar-refractivity contribution in [2.75, 3.05) is 12.8 Å². The van der Waals surface area contributed by atoms with Crippen molar-refractivity contribution in [2.45, 2.75) is 45.3 Å². The van der Waals surface area contributed by atoms with Crippen molar-refractivity contribution in [1.82, 2.24) is 5.32 Å². The minimum atomic E-state index is -3.65. The molecule has 0 saturated heterocycles. The molecule has 1 unspecified atom stereocenters. The van der Waals surface area contributed by atoms with Gasteiger partial charge in [-0.25, -0.2) is 4.79 Å². The number of carbonyl (C=O) groups excluding carboxylic acids is 2. The third-order valence-electron chi connectivity index (χ3n) is 4.14. The van der Waals surface area contributed by atoms with Gasteiger partial charge in [-0.2, -0.15) is 8.42 Å². The van der Waals surface area contributed by atoms with Gasteiger partial charge in [0, 0.05) is 12.5 Å². The normalized spacial score (nSPS) is 12.5. The predicted molar refractivity (Wildman–Crippen MR) is 120 cm³/mol. The van der Waals surface area contributed by atoms with Gasteiger partial charge in [-0.05, 0) is 44.0 Å². The van der Waals surface area contributed by atoms with E-state index in [0.29, 0.717) is 5.56 Å². The molecule has 1 atom stereocenters. The van der Waals surface area contributed by atoms with Crippen LogP contribution < -0.4 is 9.50 Å². The summed E-state index contributed by atoms with van der Waals surface area (Å²) in [5, 5.41) is 2.68. The maximum atomic E-state index is 12.4. The highest BCUT2D eigenvalue weighted by molar-refractivity contribution is 7.86. The summed E-state index contributed by atoms with van der Waals surface area (Å²) in [5.41, 5.74) is 0.922. The fraction of sp³-hybridized carbons (Fsp3) is 0.391. The van der Waals surface area contributed by atoms with E-state index in [4.69, 9.17) is 13.7 Å². The largest absolute Gasteiger partial charge is 0.460 e. The third-order valence-corrected chi connectivity index (χ3v) is 4.63. The van der Waals surface area contributed by atoms with E-state index in [1.54, 1.807) is 32.9 Å². The molecule has 1 N–H and O–H groups in total. The average molecular weight is 464 g/mol. The van der Waals surface area contributed by atoms with Gasteiger partial charge < -0.3 is 19.0 Å². The van der Waals surface area contributed by atoms with Crippen LogP contribution in [0.3, 0.4) is 0 Å². The Hall–Kier alpha value is -3.07. The van der Waals surface area contributed by atoms with E-state index in [1.807, 2.05) is 30.3 Å². The summed E-state index contributed by atoms with van der Waals surface area (Å²) in [6.45, 7) is 5.57. The molecule has 32 heavy (non-hydrogen) atoms. The Kier molecular flexibility index (Phi) is 8.65. The average Bonchev–Trinajstić information content (AvgIpc) is 2.68. The highest BCUT2D eigenvalue weighted by atomic mass is 32.2. The van der Waals surface area contributed by atoms with Crippen molar-refractivity contribution in [3.63, 3.8) is 0 Å². The van der Waals surface area contributed by atoms with Crippen LogP contribution >= 0.6 is 0 Å². The van der Waals surface area contributed by atoms with Crippen LogP contribution in [0.5, 0.6) is 5.75 Å².